The first kappa shape index (κ1) is 19.7. The number of carbonyl (C=O) groups is 1. The predicted molar refractivity (Wildman–Crippen MR) is 117 cm³/mol. The van der Waals surface area contributed by atoms with E-state index in [1.807, 2.05) is 49.4 Å². The zero-order chi connectivity index (χ0) is 20.1. The van der Waals surface area contributed by atoms with Gasteiger partial charge in [-0.15, -0.1) is 0 Å². The zero-order valence-corrected chi connectivity index (χ0v) is 17.3. The molecular weight excluding hydrogens is 386 g/mol. The molecule has 29 heavy (non-hydrogen) atoms. The van der Waals surface area contributed by atoms with Gasteiger partial charge in [0, 0.05) is 25.2 Å². The Bertz CT molecular complexity index is 982. The van der Waals surface area contributed by atoms with Crippen molar-refractivity contribution in [3.8, 4) is 5.75 Å². The molecule has 0 radical (unpaired) electrons. The van der Waals surface area contributed by atoms with Crippen LogP contribution in [0.1, 0.15) is 18.4 Å². The Morgan fingerprint density at radius 3 is 2.93 bits per heavy atom. The van der Waals surface area contributed by atoms with Crippen LogP contribution in [0.25, 0.3) is 10.2 Å². The topological polar surface area (TPSA) is 63.7 Å². The summed E-state index contributed by atoms with van der Waals surface area (Å²) in [5.74, 6) is 0.840. The number of thiazole rings is 1. The number of aryl methyl sites for hydroxylation is 1. The molecule has 0 saturated carbocycles. The maximum atomic E-state index is 12.3. The summed E-state index contributed by atoms with van der Waals surface area (Å²) in [6.45, 7) is 5.77. The Morgan fingerprint density at radius 1 is 1.24 bits per heavy atom. The molecule has 152 valence electrons. The third-order valence-corrected chi connectivity index (χ3v) is 5.83. The summed E-state index contributed by atoms with van der Waals surface area (Å²) in [5, 5.41) is 4.00. The van der Waals surface area contributed by atoms with Crippen molar-refractivity contribution in [2.75, 3.05) is 43.1 Å². The SMILES string of the molecule is Cc1cccc(OCCCC(=O)Nc2ccc3nc(N4CCOCC4)sc3c2)c1. The first-order valence-electron chi connectivity index (χ1n) is 9.90. The number of carbonyl (C=O) groups excluding carboxylic acids is 1. The minimum atomic E-state index is -0.00453. The molecule has 0 spiro atoms. The Morgan fingerprint density at radius 2 is 2.10 bits per heavy atom. The van der Waals surface area contributed by atoms with Gasteiger partial charge in [0.2, 0.25) is 5.91 Å². The summed E-state index contributed by atoms with van der Waals surface area (Å²) in [7, 11) is 0. The van der Waals surface area contributed by atoms with E-state index < -0.39 is 0 Å². The average molecular weight is 412 g/mol. The van der Waals surface area contributed by atoms with E-state index in [1.54, 1.807) is 11.3 Å². The van der Waals surface area contributed by atoms with Gasteiger partial charge in [0.1, 0.15) is 5.75 Å². The molecule has 0 atom stereocenters. The lowest BCUT2D eigenvalue weighted by Crippen LogP contribution is -2.36. The lowest BCUT2D eigenvalue weighted by molar-refractivity contribution is -0.116. The normalized spacial score (nSPS) is 14.2. The molecule has 3 aromatic rings. The van der Waals surface area contributed by atoms with Gasteiger partial charge in [-0.1, -0.05) is 23.5 Å². The van der Waals surface area contributed by atoms with Crippen LogP contribution in [0, 0.1) is 6.92 Å². The van der Waals surface area contributed by atoms with Crippen LogP contribution in [-0.2, 0) is 9.53 Å². The molecule has 0 aliphatic carbocycles. The predicted octanol–water partition coefficient (Wildman–Crippen LogP) is 4.24. The first-order chi connectivity index (χ1) is 14.2. The molecule has 1 aliphatic rings. The van der Waals surface area contributed by atoms with Gasteiger partial charge >= 0.3 is 0 Å². The molecule has 6 nitrogen and oxygen atoms in total. The van der Waals surface area contributed by atoms with Gasteiger partial charge < -0.3 is 19.7 Å². The van der Waals surface area contributed by atoms with E-state index in [9.17, 15) is 4.79 Å². The van der Waals surface area contributed by atoms with Gasteiger partial charge in [-0.2, -0.15) is 0 Å². The summed E-state index contributed by atoms with van der Waals surface area (Å²) in [4.78, 5) is 19.2. The average Bonchev–Trinajstić information content (AvgIpc) is 3.15. The van der Waals surface area contributed by atoms with Crippen LogP contribution in [0.5, 0.6) is 5.75 Å². The lowest BCUT2D eigenvalue weighted by atomic mass is 10.2. The second kappa shape index (κ2) is 9.24. The highest BCUT2D eigenvalue weighted by molar-refractivity contribution is 7.22. The molecule has 4 rings (SSSR count). The van der Waals surface area contributed by atoms with Gasteiger partial charge in [0.25, 0.3) is 0 Å². The molecule has 1 amide bonds. The van der Waals surface area contributed by atoms with Gasteiger partial charge in [-0.3, -0.25) is 4.79 Å². The number of rotatable bonds is 7. The maximum Gasteiger partial charge on any atom is 0.224 e. The number of hydrogen-bond donors (Lipinski definition) is 1. The van der Waals surface area contributed by atoms with Crippen molar-refractivity contribution in [3.63, 3.8) is 0 Å². The zero-order valence-electron chi connectivity index (χ0n) is 16.5. The highest BCUT2D eigenvalue weighted by atomic mass is 32.1. The number of amides is 1. The van der Waals surface area contributed by atoms with Crippen LogP contribution < -0.4 is 15.0 Å². The third kappa shape index (κ3) is 5.25. The van der Waals surface area contributed by atoms with Crippen molar-refractivity contribution < 1.29 is 14.3 Å². The van der Waals surface area contributed by atoms with E-state index in [4.69, 9.17) is 14.5 Å². The molecule has 7 heteroatoms. The van der Waals surface area contributed by atoms with Crippen LogP contribution >= 0.6 is 11.3 Å². The molecular formula is C22H25N3O3S. The highest BCUT2D eigenvalue weighted by Crippen LogP contribution is 2.31. The van der Waals surface area contributed by atoms with Crippen molar-refractivity contribution in [1.29, 1.82) is 0 Å². The van der Waals surface area contributed by atoms with Gasteiger partial charge in [0.15, 0.2) is 5.13 Å². The monoisotopic (exact) mass is 411 g/mol. The van der Waals surface area contributed by atoms with E-state index in [0.29, 0.717) is 19.4 Å². The molecule has 1 fully saturated rings. The van der Waals surface area contributed by atoms with Crippen molar-refractivity contribution in [2.45, 2.75) is 19.8 Å². The fourth-order valence-electron chi connectivity index (χ4n) is 3.23. The van der Waals surface area contributed by atoms with Crippen LogP contribution in [0.2, 0.25) is 0 Å². The summed E-state index contributed by atoms with van der Waals surface area (Å²) in [5.41, 5.74) is 2.93. The molecule has 2 heterocycles. The molecule has 1 aromatic heterocycles. The largest absolute Gasteiger partial charge is 0.494 e. The first-order valence-corrected chi connectivity index (χ1v) is 10.7. The van der Waals surface area contributed by atoms with E-state index in [1.165, 1.54) is 0 Å². The highest BCUT2D eigenvalue weighted by Gasteiger charge is 2.15. The Balaban J connectivity index is 1.28. The minimum absolute atomic E-state index is 0.00453. The van der Waals surface area contributed by atoms with Crippen molar-refractivity contribution >= 4 is 38.3 Å². The molecule has 0 bridgehead atoms. The van der Waals surface area contributed by atoms with E-state index in [0.717, 1.165) is 58.7 Å². The summed E-state index contributed by atoms with van der Waals surface area (Å²) in [6.07, 6.45) is 1.09. The van der Waals surface area contributed by atoms with Crippen LogP contribution in [0.3, 0.4) is 0 Å². The fraction of sp³-hybridized carbons (Fsp3) is 0.364. The number of fused-ring (bicyclic) bond motifs is 1. The van der Waals surface area contributed by atoms with Crippen molar-refractivity contribution in [3.05, 3.63) is 48.0 Å². The minimum Gasteiger partial charge on any atom is -0.494 e. The number of ether oxygens (including phenoxy) is 2. The quantitative estimate of drug-likeness (QED) is 0.589. The molecule has 1 saturated heterocycles. The molecule has 1 N–H and O–H groups in total. The molecule has 0 unspecified atom stereocenters. The van der Waals surface area contributed by atoms with Gasteiger partial charge in [-0.25, -0.2) is 4.98 Å². The maximum absolute atomic E-state index is 12.3. The number of morpholine rings is 1. The third-order valence-electron chi connectivity index (χ3n) is 4.75. The second-order valence-electron chi connectivity index (χ2n) is 7.10. The van der Waals surface area contributed by atoms with Gasteiger partial charge in [-0.05, 0) is 49.2 Å². The van der Waals surface area contributed by atoms with Crippen molar-refractivity contribution in [2.24, 2.45) is 0 Å². The number of anilines is 2. The Hall–Kier alpha value is -2.64. The number of aromatic nitrogens is 1. The summed E-state index contributed by atoms with van der Waals surface area (Å²) < 4.78 is 12.2. The van der Waals surface area contributed by atoms with E-state index >= 15 is 0 Å². The molecule has 2 aromatic carbocycles. The van der Waals surface area contributed by atoms with Gasteiger partial charge in [0.05, 0.1) is 30.0 Å². The Labute approximate surface area is 174 Å². The fourth-order valence-corrected chi connectivity index (χ4v) is 4.29. The number of hydrogen-bond acceptors (Lipinski definition) is 6. The second-order valence-corrected chi connectivity index (χ2v) is 8.10. The number of nitrogens with zero attached hydrogens (tertiary/aromatic N) is 2. The number of benzene rings is 2. The van der Waals surface area contributed by atoms with E-state index in [2.05, 4.69) is 10.2 Å². The van der Waals surface area contributed by atoms with Crippen LogP contribution in [0.15, 0.2) is 42.5 Å². The van der Waals surface area contributed by atoms with Crippen molar-refractivity contribution in [1.82, 2.24) is 4.98 Å². The summed E-state index contributed by atoms with van der Waals surface area (Å²) >= 11 is 1.65. The summed E-state index contributed by atoms with van der Waals surface area (Å²) in [6, 6.07) is 13.8. The Kier molecular flexibility index (Phi) is 6.27. The van der Waals surface area contributed by atoms with Crippen LogP contribution in [0.4, 0.5) is 10.8 Å². The van der Waals surface area contributed by atoms with E-state index in [-0.39, 0.29) is 5.91 Å². The van der Waals surface area contributed by atoms with Crippen LogP contribution in [-0.4, -0.2) is 43.8 Å². The smallest absolute Gasteiger partial charge is 0.224 e. The number of nitrogens with one attached hydrogen (secondary N) is 1. The standard InChI is InChI=1S/C22H25N3O3S/c1-16-4-2-5-18(14-16)28-11-3-6-21(26)23-17-7-8-19-20(15-17)29-22(24-19)25-9-12-27-13-10-25/h2,4-5,7-8,14-15H,3,6,9-13H2,1H3,(H,23,26). The molecule has 1 aliphatic heterocycles. The lowest BCUT2D eigenvalue weighted by Gasteiger charge is -2.25.